The molecule has 14 heavy (non-hydrogen) atoms. The highest BCUT2D eigenvalue weighted by Crippen LogP contribution is 2.30. The third-order valence-corrected chi connectivity index (χ3v) is 2.57. The normalized spacial score (nSPS) is 26.5. The maximum absolute atomic E-state index is 11.1. The molecule has 1 N–H and O–H groups in total. The van der Waals surface area contributed by atoms with Gasteiger partial charge in [-0.1, -0.05) is 30.3 Å². The summed E-state index contributed by atoms with van der Waals surface area (Å²) in [5.41, 5.74) is 0.582. The average molecular weight is 191 g/mol. The standard InChI is InChI=1S/C11H13NO2/c1-11(7-8-12-10(13)14-11)9-5-3-2-4-6-9/h2-6H,7-8H2,1H3,(H,12,13). The molecule has 0 saturated carbocycles. The molecule has 1 aliphatic heterocycles. The van der Waals surface area contributed by atoms with Crippen LogP contribution < -0.4 is 5.32 Å². The van der Waals surface area contributed by atoms with E-state index in [1.54, 1.807) is 0 Å². The molecule has 1 saturated heterocycles. The zero-order valence-electron chi connectivity index (χ0n) is 8.12. The molecule has 0 bridgehead atoms. The molecular weight excluding hydrogens is 178 g/mol. The fraction of sp³-hybridized carbons (Fsp3) is 0.364. The van der Waals surface area contributed by atoms with Gasteiger partial charge in [0.05, 0.1) is 0 Å². The van der Waals surface area contributed by atoms with Gasteiger partial charge in [-0.25, -0.2) is 4.79 Å². The van der Waals surface area contributed by atoms with Crippen molar-refractivity contribution in [3.8, 4) is 0 Å². The molecule has 1 aromatic rings. The number of hydrogen-bond donors (Lipinski definition) is 1. The van der Waals surface area contributed by atoms with Crippen LogP contribution in [0.15, 0.2) is 30.3 Å². The Morgan fingerprint density at radius 3 is 2.71 bits per heavy atom. The van der Waals surface area contributed by atoms with E-state index in [2.05, 4.69) is 5.32 Å². The van der Waals surface area contributed by atoms with E-state index in [4.69, 9.17) is 4.74 Å². The van der Waals surface area contributed by atoms with Gasteiger partial charge in [0, 0.05) is 13.0 Å². The Bertz CT molecular complexity index is 336. The molecule has 0 radical (unpaired) electrons. The molecule has 1 aliphatic rings. The average Bonchev–Trinajstić information content (AvgIpc) is 2.19. The van der Waals surface area contributed by atoms with E-state index in [0.717, 1.165) is 12.0 Å². The molecular formula is C11H13NO2. The van der Waals surface area contributed by atoms with Gasteiger partial charge in [-0.05, 0) is 12.5 Å². The second kappa shape index (κ2) is 3.33. The lowest BCUT2D eigenvalue weighted by molar-refractivity contribution is -0.00273. The molecule has 1 amide bonds. The number of hydrogen-bond acceptors (Lipinski definition) is 2. The predicted octanol–water partition coefficient (Wildman–Crippen LogP) is 2.03. The first-order valence-electron chi connectivity index (χ1n) is 4.73. The van der Waals surface area contributed by atoms with E-state index >= 15 is 0 Å². The number of amides is 1. The van der Waals surface area contributed by atoms with E-state index in [1.165, 1.54) is 0 Å². The lowest BCUT2D eigenvalue weighted by atomic mass is 9.91. The summed E-state index contributed by atoms with van der Waals surface area (Å²) in [6.07, 6.45) is 0.477. The van der Waals surface area contributed by atoms with Gasteiger partial charge in [0.2, 0.25) is 0 Å². The van der Waals surface area contributed by atoms with Crippen LogP contribution in [0.5, 0.6) is 0 Å². The van der Waals surface area contributed by atoms with E-state index in [1.807, 2.05) is 37.3 Å². The molecule has 1 heterocycles. The zero-order chi connectivity index (χ0) is 10.0. The van der Waals surface area contributed by atoms with Crippen LogP contribution in [-0.4, -0.2) is 12.6 Å². The van der Waals surface area contributed by atoms with Crippen LogP contribution in [0.1, 0.15) is 18.9 Å². The number of cyclic esters (lactones) is 1. The molecule has 1 fully saturated rings. The van der Waals surface area contributed by atoms with Gasteiger partial charge < -0.3 is 10.1 Å². The minimum atomic E-state index is -0.469. The SMILES string of the molecule is CC1(c2ccccc2)CCNC(=O)O1. The van der Waals surface area contributed by atoms with E-state index in [-0.39, 0.29) is 6.09 Å². The predicted molar refractivity (Wildman–Crippen MR) is 52.9 cm³/mol. The van der Waals surface area contributed by atoms with Crippen molar-refractivity contribution in [1.82, 2.24) is 5.32 Å². The van der Waals surface area contributed by atoms with Gasteiger partial charge in [-0.2, -0.15) is 0 Å². The summed E-state index contributed by atoms with van der Waals surface area (Å²) < 4.78 is 5.31. The monoisotopic (exact) mass is 191 g/mol. The number of nitrogens with one attached hydrogen (secondary N) is 1. The minimum absolute atomic E-state index is 0.331. The van der Waals surface area contributed by atoms with Gasteiger partial charge in [0.15, 0.2) is 0 Å². The first kappa shape index (κ1) is 9.06. The van der Waals surface area contributed by atoms with Crippen LogP contribution in [-0.2, 0) is 10.3 Å². The molecule has 74 valence electrons. The maximum atomic E-state index is 11.1. The lowest BCUT2D eigenvalue weighted by Crippen LogP contribution is -2.43. The van der Waals surface area contributed by atoms with Gasteiger partial charge in [0.25, 0.3) is 0 Å². The van der Waals surface area contributed by atoms with Crippen molar-refractivity contribution in [1.29, 1.82) is 0 Å². The molecule has 2 rings (SSSR count). The Morgan fingerprint density at radius 2 is 2.07 bits per heavy atom. The second-order valence-electron chi connectivity index (χ2n) is 3.66. The van der Waals surface area contributed by atoms with E-state index in [0.29, 0.717) is 6.54 Å². The zero-order valence-corrected chi connectivity index (χ0v) is 8.12. The highest BCUT2D eigenvalue weighted by Gasteiger charge is 2.33. The molecule has 3 heteroatoms. The van der Waals surface area contributed by atoms with Crippen LogP contribution >= 0.6 is 0 Å². The van der Waals surface area contributed by atoms with Crippen LogP contribution in [0, 0.1) is 0 Å². The summed E-state index contributed by atoms with van der Waals surface area (Å²) in [5, 5.41) is 2.65. The van der Waals surface area contributed by atoms with Gasteiger partial charge in [-0.3, -0.25) is 0 Å². The summed E-state index contributed by atoms with van der Waals surface area (Å²) in [4.78, 5) is 11.1. The van der Waals surface area contributed by atoms with Crippen molar-refractivity contribution in [2.75, 3.05) is 6.54 Å². The fourth-order valence-corrected chi connectivity index (χ4v) is 1.69. The summed E-state index contributed by atoms with van der Waals surface area (Å²) >= 11 is 0. The Morgan fingerprint density at radius 1 is 1.36 bits per heavy atom. The molecule has 1 aromatic carbocycles. The van der Waals surface area contributed by atoms with Crippen molar-refractivity contribution < 1.29 is 9.53 Å². The second-order valence-corrected chi connectivity index (χ2v) is 3.66. The first-order chi connectivity index (χ1) is 6.71. The first-order valence-corrected chi connectivity index (χ1v) is 4.73. The summed E-state index contributed by atoms with van der Waals surface area (Å²) in [6.45, 7) is 2.62. The summed E-state index contributed by atoms with van der Waals surface area (Å²) in [5.74, 6) is 0. The number of ether oxygens (including phenoxy) is 1. The molecule has 0 spiro atoms. The maximum Gasteiger partial charge on any atom is 0.408 e. The Hall–Kier alpha value is -1.51. The van der Waals surface area contributed by atoms with Crippen LogP contribution in [0.2, 0.25) is 0 Å². The largest absolute Gasteiger partial charge is 0.438 e. The van der Waals surface area contributed by atoms with Gasteiger partial charge in [-0.15, -0.1) is 0 Å². The smallest absolute Gasteiger partial charge is 0.408 e. The molecule has 0 aliphatic carbocycles. The molecule has 1 atom stereocenters. The fourth-order valence-electron chi connectivity index (χ4n) is 1.69. The highest BCUT2D eigenvalue weighted by atomic mass is 16.6. The van der Waals surface area contributed by atoms with Gasteiger partial charge in [0.1, 0.15) is 5.60 Å². The van der Waals surface area contributed by atoms with E-state index in [9.17, 15) is 4.79 Å². The number of carbonyl (C=O) groups is 1. The number of alkyl carbamates (subject to hydrolysis) is 1. The van der Waals surface area contributed by atoms with Crippen LogP contribution in [0.4, 0.5) is 4.79 Å². The van der Waals surface area contributed by atoms with Crippen LogP contribution in [0.25, 0.3) is 0 Å². The molecule has 3 nitrogen and oxygen atoms in total. The number of carbonyl (C=O) groups excluding carboxylic acids is 1. The lowest BCUT2D eigenvalue weighted by Gasteiger charge is -2.33. The van der Waals surface area contributed by atoms with Crippen molar-refractivity contribution >= 4 is 6.09 Å². The van der Waals surface area contributed by atoms with Crippen molar-refractivity contribution in [3.63, 3.8) is 0 Å². The topological polar surface area (TPSA) is 38.3 Å². The molecule has 0 aromatic heterocycles. The third kappa shape index (κ3) is 1.58. The third-order valence-electron chi connectivity index (χ3n) is 2.57. The molecule has 1 unspecified atom stereocenters. The van der Waals surface area contributed by atoms with E-state index < -0.39 is 5.60 Å². The number of rotatable bonds is 1. The Kier molecular flexibility index (Phi) is 2.15. The van der Waals surface area contributed by atoms with Crippen molar-refractivity contribution in [2.24, 2.45) is 0 Å². The minimum Gasteiger partial charge on any atom is -0.438 e. The summed E-state index contributed by atoms with van der Waals surface area (Å²) in [6, 6.07) is 9.83. The summed E-state index contributed by atoms with van der Waals surface area (Å²) in [7, 11) is 0. The van der Waals surface area contributed by atoms with Gasteiger partial charge >= 0.3 is 6.09 Å². The van der Waals surface area contributed by atoms with Crippen LogP contribution in [0.3, 0.4) is 0 Å². The number of benzene rings is 1. The Labute approximate surface area is 83.1 Å². The van der Waals surface area contributed by atoms with Crippen molar-refractivity contribution in [2.45, 2.75) is 18.9 Å². The van der Waals surface area contributed by atoms with Crippen molar-refractivity contribution in [3.05, 3.63) is 35.9 Å². The highest BCUT2D eigenvalue weighted by molar-refractivity contribution is 5.68. The quantitative estimate of drug-likeness (QED) is 0.737. The Balaban J connectivity index is 2.27.